The van der Waals surface area contributed by atoms with E-state index in [0.717, 1.165) is 4.90 Å². The minimum atomic E-state index is -1.16. The second-order valence-corrected chi connectivity index (χ2v) is 4.18. The molecule has 1 rings (SSSR count). The van der Waals surface area contributed by atoms with Crippen LogP contribution in [0.2, 0.25) is 0 Å². The Kier molecular flexibility index (Phi) is 5.56. The summed E-state index contributed by atoms with van der Waals surface area (Å²) in [5, 5.41) is 20.8. The minimum absolute atomic E-state index is 0.0145. The summed E-state index contributed by atoms with van der Waals surface area (Å²) in [7, 11) is 0. The highest BCUT2D eigenvalue weighted by atomic mass is 16.5. The van der Waals surface area contributed by atoms with Crippen LogP contribution in [0.15, 0.2) is 0 Å². The molecule has 0 radical (unpaired) electrons. The summed E-state index contributed by atoms with van der Waals surface area (Å²) in [6.45, 7) is 1.99. The van der Waals surface area contributed by atoms with Crippen molar-refractivity contribution in [2.45, 2.75) is 31.9 Å². The number of carboxylic acid groups (broad SMARTS) is 1. The Morgan fingerprint density at radius 2 is 2.11 bits per heavy atom. The van der Waals surface area contributed by atoms with Crippen LogP contribution in [0.5, 0.6) is 0 Å². The Hall–Kier alpha value is -1.83. The van der Waals surface area contributed by atoms with Gasteiger partial charge in [0, 0.05) is 19.5 Å². The van der Waals surface area contributed by atoms with Gasteiger partial charge in [0.05, 0.1) is 19.1 Å². The van der Waals surface area contributed by atoms with Crippen LogP contribution in [0.25, 0.3) is 0 Å². The van der Waals surface area contributed by atoms with Crippen molar-refractivity contribution < 1.29 is 29.3 Å². The maximum Gasteiger partial charge on any atom is 0.326 e. The molecule has 0 aromatic heterocycles. The molecule has 1 heterocycles. The van der Waals surface area contributed by atoms with Gasteiger partial charge in [0.2, 0.25) is 0 Å². The standard InChI is InChI=1S/C11H18N2O6/c1-2-19-9(15)3-4-12-11(18)13-6-7(14)5-8(13)10(16)17/h7-8,14H,2-6H2,1H3,(H,12,18)(H,16,17). The molecule has 1 aliphatic heterocycles. The average Bonchev–Trinajstić information content (AvgIpc) is 2.72. The molecular formula is C11H18N2O6. The lowest BCUT2D eigenvalue weighted by Crippen LogP contribution is -2.46. The van der Waals surface area contributed by atoms with E-state index in [0.29, 0.717) is 0 Å². The molecule has 2 unspecified atom stereocenters. The van der Waals surface area contributed by atoms with Gasteiger partial charge in [-0.2, -0.15) is 0 Å². The molecule has 0 aliphatic carbocycles. The number of urea groups is 1. The highest BCUT2D eigenvalue weighted by Gasteiger charge is 2.38. The fraction of sp³-hybridized carbons (Fsp3) is 0.727. The molecule has 1 saturated heterocycles. The van der Waals surface area contributed by atoms with Gasteiger partial charge in [-0.05, 0) is 6.92 Å². The maximum atomic E-state index is 11.7. The van der Waals surface area contributed by atoms with E-state index in [4.69, 9.17) is 5.11 Å². The summed E-state index contributed by atoms with van der Waals surface area (Å²) in [6.07, 6.45) is -0.800. The number of hydrogen-bond acceptors (Lipinski definition) is 5. The van der Waals surface area contributed by atoms with Gasteiger partial charge in [-0.25, -0.2) is 9.59 Å². The molecular weight excluding hydrogens is 256 g/mol. The van der Waals surface area contributed by atoms with Gasteiger partial charge in [0.15, 0.2) is 0 Å². The number of β-amino-alcohol motifs (C(OH)–C–C–N with tert-alkyl or cyclic N) is 1. The molecule has 0 aromatic rings. The molecule has 108 valence electrons. The summed E-state index contributed by atoms with van der Waals surface area (Å²) >= 11 is 0. The van der Waals surface area contributed by atoms with Crippen LogP contribution >= 0.6 is 0 Å². The third kappa shape index (κ3) is 4.40. The van der Waals surface area contributed by atoms with E-state index in [1.807, 2.05) is 0 Å². The number of aliphatic hydroxyl groups excluding tert-OH is 1. The van der Waals surface area contributed by atoms with Crippen molar-refractivity contribution in [2.24, 2.45) is 0 Å². The molecule has 1 aliphatic rings. The SMILES string of the molecule is CCOC(=O)CCNC(=O)N1CC(O)CC1C(=O)O. The van der Waals surface area contributed by atoms with Crippen LogP contribution in [-0.4, -0.2) is 64.9 Å². The molecule has 0 spiro atoms. The molecule has 2 atom stereocenters. The van der Waals surface area contributed by atoms with Gasteiger partial charge in [-0.15, -0.1) is 0 Å². The Morgan fingerprint density at radius 3 is 2.68 bits per heavy atom. The molecule has 8 nitrogen and oxygen atoms in total. The topological polar surface area (TPSA) is 116 Å². The number of amides is 2. The van der Waals surface area contributed by atoms with E-state index in [9.17, 15) is 19.5 Å². The number of ether oxygens (including phenoxy) is 1. The molecule has 0 aromatic carbocycles. The summed E-state index contributed by atoms with van der Waals surface area (Å²) in [4.78, 5) is 34.8. The second kappa shape index (κ2) is 6.93. The van der Waals surface area contributed by atoms with Crippen molar-refractivity contribution in [1.29, 1.82) is 0 Å². The lowest BCUT2D eigenvalue weighted by molar-refractivity contribution is -0.143. The maximum absolute atomic E-state index is 11.7. The predicted molar refractivity (Wildman–Crippen MR) is 63.4 cm³/mol. The monoisotopic (exact) mass is 274 g/mol. The van der Waals surface area contributed by atoms with Gasteiger partial charge < -0.3 is 25.2 Å². The normalized spacial score (nSPS) is 22.1. The summed E-state index contributed by atoms with van der Waals surface area (Å²) < 4.78 is 4.69. The molecule has 2 amide bonds. The summed E-state index contributed by atoms with van der Waals surface area (Å²) in [6, 6.07) is -1.63. The number of hydrogen-bond donors (Lipinski definition) is 3. The Labute approximate surface area is 110 Å². The number of carboxylic acids is 1. The first-order chi connectivity index (χ1) is 8.95. The van der Waals surface area contributed by atoms with Crippen LogP contribution in [0, 0.1) is 0 Å². The average molecular weight is 274 g/mol. The third-order valence-electron chi connectivity index (χ3n) is 2.74. The van der Waals surface area contributed by atoms with E-state index >= 15 is 0 Å². The Bertz CT molecular complexity index is 359. The van der Waals surface area contributed by atoms with Crippen molar-refractivity contribution in [1.82, 2.24) is 10.2 Å². The smallest absolute Gasteiger partial charge is 0.326 e. The predicted octanol–water partition coefficient (Wildman–Crippen LogP) is -0.831. The van der Waals surface area contributed by atoms with E-state index in [2.05, 4.69) is 10.1 Å². The van der Waals surface area contributed by atoms with Crippen LogP contribution in [0.1, 0.15) is 19.8 Å². The fourth-order valence-corrected chi connectivity index (χ4v) is 1.88. The first-order valence-corrected chi connectivity index (χ1v) is 6.06. The molecule has 19 heavy (non-hydrogen) atoms. The van der Waals surface area contributed by atoms with Crippen molar-refractivity contribution in [3.63, 3.8) is 0 Å². The third-order valence-corrected chi connectivity index (χ3v) is 2.74. The summed E-state index contributed by atoms with van der Waals surface area (Å²) in [5.74, 6) is -1.59. The van der Waals surface area contributed by atoms with E-state index in [1.165, 1.54) is 0 Å². The number of nitrogens with zero attached hydrogens (tertiary/aromatic N) is 1. The first kappa shape index (κ1) is 15.2. The number of aliphatic hydroxyl groups is 1. The highest BCUT2D eigenvalue weighted by molar-refractivity contribution is 5.83. The van der Waals surface area contributed by atoms with Crippen LogP contribution < -0.4 is 5.32 Å². The van der Waals surface area contributed by atoms with Crippen molar-refractivity contribution in [2.75, 3.05) is 19.7 Å². The van der Waals surface area contributed by atoms with Gasteiger partial charge in [-0.3, -0.25) is 4.79 Å². The molecule has 8 heteroatoms. The van der Waals surface area contributed by atoms with Gasteiger partial charge in [0.25, 0.3) is 0 Å². The summed E-state index contributed by atoms with van der Waals surface area (Å²) in [5.41, 5.74) is 0. The fourth-order valence-electron chi connectivity index (χ4n) is 1.88. The number of likely N-dealkylation sites (tertiary alicyclic amines) is 1. The second-order valence-electron chi connectivity index (χ2n) is 4.18. The molecule has 0 bridgehead atoms. The van der Waals surface area contributed by atoms with Crippen molar-refractivity contribution in [3.8, 4) is 0 Å². The largest absolute Gasteiger partial charge is 0.480 e. The zero-order chi connectivity index (χ0) is 14.4. The number of aliphatic carboxylic acids is 1. The molecule has 1 fully saturated rings. The minimum Gasteiger partial charge on any atom is -0.480 e. The highest BCUT2D eigenvalue weighted by Crippen LogP contribution is 2.17. The lowest BCUT2D eigenvalue weighted by Gasteiger charge is -2.21. The van der Waals surface area contributed by atoms with Gasteiger partial charge in [-0.1, -0.05) is 0 Å². The zero-order valence-electron chi connectivity index (χ0n) is 10.7. The molecule has 0 saturated carbocycles. The van der Waals surface area contributed by atoms with Gasteiger partial charge in [0.1, 0.15) is 6.04 Å². The van der Waals surface area contributed by atoms with Crippen LogP contribution in [0.3, 0.4) is 0 Å². The van der Waals surface area contributed by atoms with E-state index < -0.39 is 30.1 Å². The number of esters is 1. The number of rotatable bonds is 5. The lowest BCUT2D eigenvalue weighted by atomic mass is 10.2. The zero-order valence-corrected chi connectivity index (χ0v) is 10.7. The number of nitrogens with one attached hydrogen (secondary N) is 1. The molecule has 3 N–H and O–H groups in total. The van der Waals surface area contributed by atoms with Crippen LogP contribution in [0.4, 0.5) is 4.79 Å². The van der Waals surface area contributed by atoms with Crippen molar-refractivity contribution >= 4 is 18.0 Å². The van der Waals surface area contributed by atoms with E-state index in [1.54, 1.807) is 6.92 Å². The number of carbonyl (C=O) groups excluding carboxylic acids is 2. The van der Waals surface area contributed by atoms with Crippen molar-refractivity contribution in [3.05, 3.63) is 0 Å². The Morgan fingerprint density at radius 1 is 1.42 bits per heavy atom. The van der Waals surface area contributed by atoms with Crippen LogP contribution in [-0.2, 0) is 14.3 Å². The number of carbonyl (C=O) groups is 3. The quantitative estimate of drug-likeness (QED) is 0.563. The Balaban J connectivity index is 2.40. The van der Waals surface area contributed by atoms with E-state index in [-0.39, 0.29) is 32.5 Å². The van der Waals surface area contributed by atoms with Gasteiger partial charge >= 0.3 is 18.0 Å². The first-order valence-electron chi connectivity index (χ1n) is 6.06.